The van der Waals surface area contributed by atoms with Gasteiger partial charge in [-0.05, 0) is 6.92 Å². The molecule has 1 heterocycles. The van der Waals surface area contributed by atoms with Crippen molar-refractivity contribution in [1.29, 1.82) is 0 Å². The number of nitrogens with zero attached hydrogens (tertiary/aromatic N) is 3. The summed E-state index contributed by atoms with van der Waals surface area (Å²) in [5.41, 5.74) is 0.246. The molecule has 1 aromatic rings. The highest BCUT2D eigenvalue weighted by Gasteiger charge is 2.25. The SMILES string of the molecule is COCC(CO)Nc1c([N+](=O)[O-])c(C)nn1C. The lowest BCUT2D eigenvalue weighted by molar-refractivity contribution is -0.384. The summed E-state index contributed by atoms with van der Waals surface area (Å²) < 4.78 is 6.27. The zero-order valence-corrected chi connectivity index (χ0v) is 10.0. The maximum absolute atomic E-state index is 10.9. The number of hydrogen-bond donors (Lipinski definition) is 2. The van der Waals surface area contributed by atoms with Crippen LogP contribution in [0.5, 0.6) is 0 Å². The van der Waals surface area contributed by atoms with E-state index in [1.54, 1.807) is 14.0 Å². The van der Waals surface area contributed by atoms with Gasteiger partial charge in [0.1, 0.15) is 5.69 Å². The number of rotatable bonds is 6. The minimum Gasteiger partial charge on any atom is -0.394 e. The second-order valence-corrected chi connectivity index (χ2v) is 3.64. The Labute approximate surface area is 98.3 Å². The van der Waals surface area contributed by atoms with Crippen molar-refractivity contribution < 1.29 is 14.8 Å². The molecule has 1 unspecified atom stereocenters. The molecule has 1 aromatic heterocycles. The summed E-state index contributed by atoms with van der Waals surface area (Å²) in [4.78, 5) is 10.4. The van der Waals surface area contributed by atoms with Gasteiger partial charge in [-0.15, -0.1) is 0 Å². The maximum atomic E-state index is 10.9. The van der Waals surface area contributed by atoms with Crippen LogP contribution in [0.4, 0.5) is 11.5 Å². The first kappa shape index (κ1) is 13.4. The molecule has 8 heteroatoms. The largest absolute Gasteiger partial charge is 0.394 e. The third-order valence-electron chi connectivity index (χ3n) is 2.30. The van der Waals surface area contributed by atoms with Gasteiger partial charge >= 0.3 is 5.69 Å². The van der Waals surface area contributed by atoms with Crippen LogP contribution in [0.25, 0.3) is 0 Å². The Morgan fingerprint density at radius 3 is 2.82 bits per heavy atom. The molecule has 0 aliphatic carbocycles. The van der Waals surface area contributed by atoms with Crippen molar-refractivity contribution in [2.45, 2.75) is 13.0 Å². The van der Waals surface area contributed by atoms with Gasteiger partial charge in [-0.1, -0.05) is 0 Å². The van der Waals surface area contributed by atoms with Crippen LogP contribution in [0.15, 0.2) is 0 Å². The number of aryl methyl sites for hydroxylation is 2. The zero-order chi connectivity index (χ0) is 13.0. The first-order valence-electron chi connectivity index (χ1n) is 5.05. The van der Waals surface area contributed by atoms with Gasteiger partial charge in [-0.2, -0.15) is 5.10 Å². The van der Waals surface area contributed by atoms with E-state index in [1.165, 1.54) is 11.8 Å². The Morgan fingerprint density at radius 1 is 1.71 bits per heavy atom. The molecule has 0 aromatic carbocycles. The van der Waals surface area contributed by atoms with E-state index < -0.39 is 11.0 Å². The average molecular weight is 244 g/mol. The van der Waals surface area contributed by atoms with Crippen LogP contribution >= 0.6 is 0 Å². The van der Waals surface area contributed by atoms with E-state index in [4.69, 9.17) is 9.84 Å². The zero-order valence-electron chi connectivity index (χ0n) is 10.0. The van der Waals surface area contributed by atoms with Crippen molar-refractivity contribution in [3.63, 3.8) is 0 Å². The summed E-state index contributed by atoms with van der Waals surface area (Å²) in [5.74, 6) is 0.267. The molecule has 0 saturated carbocycles. The van der Waals surface area contributed by atoms with Gasteiger partial charge < -0.3 is 15.2 Å². The standard InChI is InChI=1S/C9H16N4O4/c1-6-8(13(15)16)9(12(2)11-6)10-7(4-14)5-17-3/h7,10,14H,4-5H2,1-3H3. The van der Waals surface area contributed by atoms with E-state index in [1.807, 2.05) is 0 Å². The highest BCUT2D eigenvalue weighted by Crippen LogP contribution is 2.27. The molecule has 1 atom stereocenters. The number of hydrogen-bond acceptors (Lipinski definition) is 6. The van der Waals surface area contributed by atoms with Gasteiger partial charge in [0.2, 0.25) is 5.82 Å². The van der Waals surface area contributed by atoms with Crippen molar-refractivity contribution in [1.82, 2.24) is 9.78 Å². The third-order valence-corrected chi connectivity index (χ3v) is 2.30. The van der Waals surface area contributed by atoms with Crippen molar-refractivity contribution in [3.8, 4) is 0 Å². The molecule has 0 fully saturated rings. The van der Waals surface area contributed by atoms with Crippen molar-refractivity contribution in [2.24, 2.45) is 7.05 Å². The molecular formula is C9H16N4O4. The number of aliphatic hydroxyl groups is 1. The molecule has 1 rings (SSSR count). The van der Waals surface area contributed by atoms with E-state index in [9.17, 15) is 10.1 Å². The molecule has 8 nitrogen and oxygen atoms in total. The number of aromatic nitrogens is 2. The topological polar surface area (TPSA) is 102 Å². The number of nitrogens with one attached hydrogen (secondary N) is 1. The highest BCUT2D eigenvalue weighted by molar-refractivity contribution is 5.59. The Balaban J connectivity index is 3.00. The fourth-order valence-electron chi connectivity index (χ4n) is 1.56. The fourth-order valence-corrected chi connectivity index (χ4v) is 1.56. The molecule has 0 amide bonds. The van der Waals surface area contributed by atoms with Crippen molar-refractivity contribution >= 4 is 11.5 Å². The summed E-state index contributed by atoms with van der Waals surface area (Å²) in [6.07, 6.45) is 0. The summed E-state index contributed by atoms with van der Waals surface area (Å²) >= 11 is 0. The minimum absolute atomic E-state index is 0.0814. The summed E-state index contributed by atoms with van der Waals surface area (Å²) in [7, 11) is 3.09. The summed E-state index contributed by atoms with van der Waals surface area (Å²) in [6, 6.07) is -0.409. The van der Waals surface area contributed by atoms with Crippen LogP contribution in [0.2, 0.25) is 0 Å². The third kappa shape index (κ3) is 2.92. The molecular weight excluding hydrogens is 228 g/mol. The number of nitro groups is 1. The Morgan fingerprint density at radius 2 is 2.35 bits per heavy atom. The van der Waals surface area contributed by atoms with E-state index in [-0.39, 0.29) is 24.7 Å². The van der Waals surface area contributed by atoms with Crippen LogP contribution in [-0.4, -0.2) is 46.2 Å². The summed E-state index contributed by atoms with van der Waals surface area (Å²) in [5, 5.41) is 26.8. The van der Waals surface area contributed by atoms with Crippen LogP contribution in [0.3, 0.4) is 0 Å². The first-order chi connectivity index (χ1) is 8.01. The number of methoxy groups -OCH3 is 1. The smallest absolute Gasteiger partial charge is 0.333 e. The van der Waals surface area contributed by atoms with Crippen LogP contribution in [-0.2, 0) is 11.8 Å². The number of ether oxygens (including phenoxy) is 1. The van der Waals surface area contributed by atoms with E-state index in [0.29, 0.717) is 5.69 Å². The van der Waals surface area contributed by atoms with Gasteiger partial charge in [0.25, 0.3) is 0 Å². The molecule has 0 bridgehead atoms. The Bertz CT molecular complexity index is 404. The molecule has 17 heavy (non-hydrogen) atoms. The van der Waals surface area contributed by atoms with Gasteiger partial charge in [0.15, 0.2) is 0 Å². The first-order valence-corrected chi connectivity index (χ1v) is 5.05. The predicted molar refractivity (Wildman–Crippen MR) is 61.0 cm³/mol. The van der Waals surface area contributed by atoms with Crippen LogP contribution in [0.1, 0.15) is 5.69 Å². The van der Waals surface area contributed by atoms with Gasteiger partial charge in [0, 0.05) is 14.2 Å². The molecule has 0 saturated heterocycles. The number of anilines is 1. The highest BCUT2D eigenvalue weighted by atomic mass is 16.6. The lowest BCUT2D eigenvalue weighted by atomic mass is 10.3. The summed E-state index contributed by atoms with van der Waals surface area (Å²) in [6.45, 7) is 1.63. The Hall–Kier alpha value is -1.67. The van der Waals surface area contributed by atoms with Gasteiger partial charge in [-0.3, -0.25) is 10.1 Å². The lowest BCUT2D eigenvalue weighted by Crippen LogP contribution is -2.30. The average Bonchev–Trinajstić information content (AvgIpc) is 2.53. The van der Waals surface area contributed by atoms with E-state index >= 15 is 0 Å². The molecule has 0 aliphatic heterocycles. The van der Waals surface area contributed by atoms with Crippen LogP contribution < -0.4 is 5.32 Å². The fraction of sp³-hybridized carbons (Fsp3) is 0.667. The van der Waals surface area contributed by atoms with Gasteiger partial charge in [-0.25, -0.2) is 4.68 Å². The molecule has 0 aliphatic rings. The van der Waals surface area contributed by atoms with E-state index in [0.717, 1.165) is 0 Å². The van der Waals surface area contributed by atoms with Gasteiger partial charge in [0.05, 0.1) is 24.2 Å². The molecule has 96 valence electrons. The predicted octanol–water partition coefficient (Wildman–Crippen LogP) is 0.0559. The molecule has 0 spiro atoms. The molecule has 2 N–H and O–H groups in total. The van der Waals surface area contributed by atoms with Crippen LogP contribution in [0, 0.1) is 17.0 Å². The Kier molecular flexibility index (Phi) is 4.41. The van der Waals surface area contributed by atoms with Crippen molar-refractivity contribution in [2.75, 3.05) is 25.6 Å². The van der Waals surface area contributed by atoms with Crippen molar-refractivity contribution in [3.05, 3.63) is 15.8 Å². The maximum Gasteiger partial charge on any atom is 0.333 e. The molecule has 0 radical (unpaired) electrons. The number of aliphatic hydroxyl groups excluding tert-OH is 1. The van der Waals surface area contributed by atoms with E-state index in [2.05, 4.69) is 10.4 Å². The quantitative estimate of drug-likeness (QED) is 0.541. The second-order valence-electron chi connectivity index (χ2n) is 3.64. The minimum atomic E-state index is -0.494. The second kappa shape index (κ2) is 5.60. The lowest BCUT2D eigenvalue weighted by Gasteiger charge is -2.15. The normalized spacial score (nSPS) is 12.5. The monoisotopic (exact) mass is 244 g/mol.